The molecule has 3 aliphatic rings. The van der Waals surface area contributed by atoms with E-state index < -0.39 is 0 Å². The van der Waals surface area contributed by atoms with Gasteiger partial charge in [-0.15, -0.1) is 0 Å². The van der Waals surface area contributed by atoms with Crippen molar-refractivity contribution in [3.05, 3.63) is 29.6 Å². The number of hydrogen-bond donors (Lipinski definition) is 1. The van der Waals surface area contributed by atoms with Crippen molar-refractivity contribution in [3.8, 4) is 0 Å². The summed E-state index contributed by atoms with van der Waals surface area (Å²) in [5.41, 5.74) is 1.53. The summed E-state index contributed by atoms with van der Waals surface area (Å²) in [6, 6.07) is 3.59. The van der Waals surface area contributed by atoms with Crippen LogP contribution in [0.2, 0.25) is 0 Å². The molecular formula is C22H30N4O3. The van der Waals surface area contributed by atoms with E-state index in [4.69, 9.17) is 0 Å². The second-order valence-corrected chi connectivity index (χ2v) is 8.81. The van der Waals surface area contributed by atoms with Crippen LogP contribution >= 0.6 is 0 Å². The molecule has 7 heteroatoms. The highest BCUT2D eigenvalue weighted by Gasteiger charge is 2.36. The molecule has 0 radical (unpaired) electrons. The smallest absolute Gasteiger partial charge is 0.253 e. The van der Waals surface area contributed by atoms with E-state index in [1.807, 2.05) is 22.8 Å². The third-order valence-corrected chi connectivity index (χ3v) is 6.37. The third kappa shape index (κ3) is 4.95. The molecule has 2 saturated heterocycles. The highest BCUT2D eigenvalue weighted by Crippen LogP contribution is 2.28. The topological polar surface area (TPSA) is 82.6 Å². The Kier molecular flexibility index (Phi) is 5.83. The van der Waals surface area contributed by atoms with Crippen LogP contribution < -0.4 is 5.32 Å². The maximum Gasteiger partial charge on any atom is 0.253 e. The second-order valence-electron chi connectivity index (χ2n) is 8.81. The average Bonchev–Trinajstić information content (AvgIpc) is 3.48. The maximum atomic E-state index is 12.7. The Morgan fingerprint density at radius 3 is 2.62 bits per heavy atom. The normalized spacial score (nSPS) is 22.8. The Morgan fingerprint density at radius 1 is 1.17 bits per heavy atom. The van der Waals surface area contributed by atoms with E-state index in [0.717, 1.165) is 25.1 Å². The van der Waals surface area contributed by atoms with Gasteiger partial charge in [0.1, 0.15) is 0 Å². The van der Waals surface area contributed by atoms with E-state index in [-0.39, 0.29) is 23.6 Å². The molecule has 1 aliphatic carbocycles. The van der Waals surface area contributed by atoms with E-state index >= 15 is 0 Å². The van der Waals surface area contributed by atoms with Gasteiger partial charge >= 0.3 is 0 Å². The van der Waals surface area contributed by atoms with Crippen molar-refractivity contribution in [3.63, 3.8) is 0 Å². The molecule has 0 aromatic carbocycles. The minimum atomic E-state index is -0.210. The fourth-order valence-electron chi connectivity index (χ4n) is 4.33. The summed E-state index contributed by atoms with van der Waals surface area (Å²) in [6.45, 7) is 5.28. The standard InChI is InChI=1S/C22H30N4O3/c1-15-10-18(4-7-23-15)22(29)25-8-5-17(6-9-25)13-26-14-19(11-20(26)27)21(28)24-12-16-2-3-16/h4,7,10,16-17,19H,2-3,5-6,8-9,11-14H2,1H3,(H,24,28). The molecule has 2 aliphatic heterocycles. The van der Waals surface area contributed by atoms with E-state index in [1.165, 1.54) is 12.8 Å². The molecule has 0 bridgehead atoms. The first-order valence-corrected chi connectivity index (χ1v) is 10.8. The highest BCUT2D eigenvalue weighted by atomic mass is 16.2. The average molecular weight is 399 g/mol. The van der Waals surface area contributed by atoms with Crippen molar-refractivity contribution < 1.29 is 14.4 Å². The zero-order valence-corrected chi connectivity index (χ0v) is 17.1. The van der Waals surface area contributed by atoms with Gasteiger partial charge in [0.05, 0.1) is 5.92 Å². The molecule has 4 rings (SSSR count). The van der Waals surface area contributed by atoms with E-state index in [9.17, 15) is 14.4 Å². The Morgan fingerprint density at radius 2 is 1.93 bits per heavy atom. The summed E-state index contributed by atoms with van der Waals surface area (Å²) in [5, 5.41) is 3.00. The number of hydrogen-bond acceptors (Lipinski definition) is 4. The molecule has 1 unspecified atom stereocenters. The Balaban J connectivity index is 1.23. The quantitative estimate of drug-likeness (QED) is 0.789. The van der Waals surface area contributed by atoms with Crippen molar-refractivity contribution in [2.24, 2.45) is 17.8 Å². The van der Waals surface area contributed by atoms with Crippen LogP contribution in [0.25, 0.3) is 0 Å². The van der Waals surface area contributed by atoms with Gasteiger partial charge in [-0.05, 0) is 56.6 Å². The van der Waals surface area contributed by atoms with Gasteiger partial charge < -0.3 is 15.1 Å². The fourth-order valence-corrected chi connectivity index (χ4v) is 4.33. The predicted octanol–water partition coefficient (Wildman–Crippen LogP) is 1.62. The van der Waals surface area contributed by atoms with Gasteiger partial charge in [-0.1, -0.05) is 0 Å². The van der Waals surface area contributed by atoms with Gasteiger partial charge in [0, 0.05) is 56.6 Å². The van der Waals surface area contributed by atoms with Crippen molar-refractivity contribution in [2.45, 2.75) is 39.0 Å². The molecule has 3 amide bonds. The Labute approximate surface area is 171 Å². The molecule has 7 nitrogen and oxygen atoms in total. The number of aromatic nitrogens is 1. The number of nitrogens with zero attached hydrogens (tertiary/aromatic N) is 3. The van der Waals surface area contributed by atoms with Crippen molar-refractivity contribution in [2.75, 3.05) is 32.7 Å². The first kappa shape index (κ1) is 19.9. The molecule has 156 valence electrons. The molecule has 3 heterocycles. The summed E-state index contributed by atoms with van der Waals surface area (Å²) in [6.07, 6.45) is 6.19. The summed E-state index contributed by atoms with van der Waals surface area (Å²) >= 11 is 0. The lowest BCUT2D eigenvalue weighted by Crippen LogP contribution is -2.42. The summed E-state index contributed by atoms with van der Waals surface area (Å²) < 4.78 is 0. The molecular weight excluding hydrogens is 368 g/mol. The molecule has 1 aromatic heterocycles. The molecule has 29 heavy (non-hydrogen) atoms. The van der Waals surface area contributed by atoms with Crippen molar-refractivity contribution >= 4 is 17.7 Å². The largest absolute Gasteiger partial charge is 0.356 e. The van der Waals surface area contributed by atoms with Crippen molar-refractivity contribution in [1.29, 1.82) is 0 Å². The van der Waals surface area contributed by atoms with Gasteiger partial charge in [-0.25, -0.2) is 0 Å². The maximum absolute atomic E-state index is 12.7. The van der Waals surface area contributed by atoms with Gasteiger partial charge in [0.25, 0.3) is 5.91 Å². The molecule has 1 aromatic rings. The first-order chi connectivity index (χ1) is 14.0. The van der Waals surface area contributed by atoms with Crippen LogP contribution in [0.5, 0.6) is 0 Å². The molecule has 1 N–H and O–H groups in total. The highest BCUT2D eigenvalue weighted by molar-refractivity contribution is 5.94. The summed E-state index contributed by atoms with van der Waals surface area (Å²) in [7, 11) is 0. The number of nitrogens with one attached hydrogen (secondary N) is 1. The SMILES string of the molecule is Cc1cc(C(=O)N2CCC(CN3CC(C(=O)NCC4CC4)CC3=O)CC2)ccn1. The third-order valence-electron chi connectivity index (χ3n) is 6.37. The minimum Gasteiger partial charge on any atom is -0.356 e. The fraction of sp³-hybridized carbons (Fsp3) is 0.636. The lowest BCUT2D eigenvalue weighted by Gasteiger charge is -2.34. The van der Waals surface area contributed by atoms with Crippen LogP contribution in [0.1, 0.15) is 48.2 Å². The zero-order valence-electron chi connectivity index (χ0n) is 17.1. The Bertz CT molecular complexity index is 784. The number of rotatable bonds is 6. The van der Waals surface area contributed by atoms with Crippen LogP contribution in [-0.4, -0.2) is 65.2 Å². The van der Waals surface area contributed by atoms with Gasteiger partial charge in [0.2, 0.25) is 11.8 Å². The molecule has 1 saturated carbocycles. The summed E-state index contributed by atoms with van der Waals surface area (Å²) in [4.78, 5) is 45.3. The predicted molar refractivity (Wildman–Crippen MR) is 108 cm³/mol. The van der Waals surface area contributed by atoms with E-state index in [1.54, 1.807) is 12.3 Å². The van der Waals surface area contributed by atoms with Crippen LogP contribution in [-0.2, 0) is 9.59 Å². The van der Waals surface area contributed by atoms with Gasteiger partial charge in [-0.2, -0.15) is 0 Å². The second kappa shape index (κ2) is 8.51. The zero-order chi connectivity index (χ0) is 20.4. The monoisotopic (exact) mass is 398 g/mol. The minimum absolute atomic E-state index is 0.0285. The number of carbonyl (C=O) groups excluding carboxylic acids is 3. The van der Waals surface area contributed by atoms with Gasteiger partial charge in [0.15, 0.2) is 0 Å². The number of piperidine rings is 1. The lowest BCUT2D eigenvalue weighted by atomic mass is 9.95. The molecule has 1 atom stereocenters. The molecule has 3 fully saturated rings. The van der Waals surface area contributed by atoms with Crippen LogP contribution in [0, 0.1) is 24.7 Å². The number of aryl methyl sites for hydroxylation is 1. The van der Waals surface area contributed by atoms with Crippen LogP contribution in [0.4, 0.5) is 0 Å². The Hall–Kier alpha value is -2.44. The number of likely N-dealkylation sites (tertiary alicyclic amines) is 2. The first-order valence-electron chi connectivity index (χ1n) is 10.8. The molecule has 0 spiro atoms. The van der Waals surface area contributed by atoms with E-state index in [2.05, 4.69) is 10.3 Å². The number of pyridine rings is 1. The van der Waals surface area contributed by atoms with Crippen molar-refractivity contribution in [1.82, 2.24) is 20.1 Å². The van der Waals surface area contributed by atoms with Crippen LogP contribution in [0.15, 0.2) is 18.3 Å². The summed E-state index contributed by atoms with van der Waals surface area (Å²) in [5.74, 6) is 0.992. The lowest BCUT2D eigenvalue weighted by molar-refractivity contribution is -0.129. The van der Waals surface area contributed by atoms with E-state index in [0.29, 0.717) is 50.0 Å². The van der Waals surface area contributed by atoms with Gasteiger partial charge in [-0.3, -0.25) is 19.4 Å². The number of amides is 3. The van der Waals surface area contributed by atoms with Crippen LogP contribution in [0.3, 0.4) is 0 Å². The number of carbonyl (C=O) groups is 3.